The second-order valence-electron chi connectivity index (χ2n) is 5.72. The van der Waals surface area contributed by atoms with Crippen LogP contribution in [0.15, 0.2) is 30.0 Å². The molecule has 1 aromatic carbocycles. The van der Waals surface area contributed by atoms with Crippen molar-refractivity contribution in [2.75, 3.05) is 5.32 Å². The van der Waals surface area contributed by atoms with Crippen LogP contribution in [-0.2, 0) is 31.9 Å². The van der Waals surface area contributed by atoms with Crippen molar-refractivity contribution in [1.82, 2.24) is 0 Å². The molecular formula is C16H17NO4. The largest absolute Gasteiger partial charge is 0.419 e. The molecule has 0 amide bonds. The van der Waals surface area contributed by atoms with E-state index < -0.39 is 17.7 Å². The molecule has 2 aliphatic rings. The molecule has 0 aromatic heterocycles. The van der Waals surface area contributed by atoms with E-state index in [4.69, 9.17) is 9.47 Å². The zero-order valence-corrected chi connectivity index (χ0v) is 12.1. The molecule has 0 radical (unpaired) electrons. The molecule has 0 bridgehead atoms. The summed E-state index contributed by atoms with van der Waals surface area (Å²) < 4.78 is 10.1. The Hall–Kier alpha value is -2.30. The molecule has 0 spiro atoms. The van der Waals surface area contributed by atoms with Gasteiger partial charge in [0.15, 0.2) is 5.57 Å². The molecular weight excluding hydrogens is 270 g/mol. The zero-order valence-electron chi connectivity index (χ0n) is 12.1. The number of aryl methyl sites for hydroxylation is 2. The minimum atomic E-state index is -1.21. The molecule has 0 saturated carbocycles. The van der Waals surface area contributed by atoms with E-state index in [1.807, 2.05) is 12.1 Å². The van der Waals surface area contributed by atoms with Gasteiger partial charge in [0.2, 0.25) is 0 Å². The van der Waals surface area contributed by atoms with Crippen molar-refractivity contribution in [2.24, 2.45) is 0 Å². The van der Waals surface area contributed by atoms with E-state index in [0.29, 0.717) is 0 Å². The summed E-state index contributed by atoms with van der Waals surface area (Å²) in [5.41, 5.74) is 3.39. The first-order valence-electron chi connectivity index (χ1n) is 7.00. The number of hydrogen-bond acceptors (Lipinski definition) is 5. The van der Waals surface area contributed by atoms with Crippen molar-refractivity contribution in [3.05, 3.63) is 41.1 Å². The number of anilines is 1. The predicted octanol–water partition coefficient (Wildman–Crippen LogP) is 2.31. The highest BCUT2D eigenvalue weighted by atomic mass is 16.7. The molecule has 1 N–H and O–H groups in total. The molecule has 1 saturated heterocycles. The van der Waals surface area contributed by atoms with Crippen LogP contribution >= 0.6 is 0 Å². The van der Waals surface area contributed by atoms with Gasteiger partial charge in [0.05, 0.1) is 0 Å². The van der Waals surface area contributed by atoms with E-state index in [2.05, 4.69) is 11.4 Å². The quantitative estimate of drug-likeness (QED) is 0.514. The molecule has 0 unspecified atom stereocenters. The summed E-state index contributed by atoms with van der Waals surface area (Å²) in [6.07, 6.45) is 4.70. The number of fused-ring (bicyclic) bond motifs is 1. The maximum absolute atomic E-state index is 11.8. The summed E-state index contributed by atoms with van der Waals surface area (Å²) in [5.74, 6) is -2.56. The fourth-order valence-corrected chi connectivity index (χ4v) is 2.60. The SMILES string of the molecule is CC1(C)OC(=O)C(=CNc2ccc3c(c2)CCC3)C(=O)O1. The van der Waals surface area contributed by atoms with Gasteiger partial charge in [-0.15, -0.1) is 0 Å². The number of carbonyl (C=O) groups is 2. The van der Waals surface area contributed by atoms with Gasteiger partial charge in [0.1, 0.15) is 0 Å². The molecule has 21 heavy (non-hydrogen) atoms. The number of hydrogen-bond donors (Lipinski definition) is 1. The Morgan fingerprint density at radius 2 is 1.76 bits per heavy atom. The van der Waals surface area contributed by atoms with E-state index in [-0.39, 0.29) is 5.57 Å². The maximum atomic E-state index is 11.8. The average molecular weight is 287 g/mol. The molecule has 1 aromatic rings. The molecule has 1 aliphatic heterocycles. The average Bonchev–Trinajstić information content (AvgIpc) is 2.83. The molecule has 5 nitrogen and oxygen atoms in total. The third-order valence-corrected chi connectivity index (χ3v) is 3.60. The molecule has 0 atom stereocenters. The third-order valence-electron chi connectivity index (χ3n) is 3.60. The Kier molecular flexibility index (Phi) is 3.20. The minimum Gasteiger partial charge on any atom is -0.419 e. The third kappa shape index (κ3) is 2.77. The van der Waals surface area contributed by atoms with Crippen LogP contribution in [0.25, 0.3) is 0 Å². The Morgan fingerprint density at radius 1 is 1.10 bits per heavy atom. The fraction of sp³-hybridized carbons (Fsp3) is 0.375. The standard InChI is InChI=1S/C16H17NO4/c1-16(2)20-14(18)13(15(19)21-16)9-17-12-7-6-10-4-3-5-11(10)8-12/h6-9,17H,3-5H2,1-2H3. The van der Waals surface area contributed by atoms with Crippen molar-refractivity contribution in [2.45, 2.75) is 38.9 Å². The van der Waals surface area contributed by atoms with E-state index in [1.54, 1.807) is 0 Å². The summed E-state index contributed by atoms with van der Waals surface area (Å²) in [6.45, 7) is 3.04. The highest BCUT2D eigenvalue weighted by molar-refractivity contribution is 6.15. The van der Waals surface area contributed by atoms with E-state index in [1.165, 1.54) is 37.6 Å². The summed E-state index contributed by atoms with van der Waals surface area (Å²) in [4.78, 5) is 23.6. The van der Waals surface area contributed by atoms with Crippen molar-refractivity contribution in [3.8, 4) is 0 Å². The number of esters is 2. The number of rotatable bonds is 2. The second-order valence-corrected chi connectivity index (χ2v) is 5.72. The van der Waals surface area contributed by atoms with Gasteiger partial charge in [-0.1, -0.05) is 6.07 Å². The van der Waals surface area contributed by atoms with Gasteiger partial charge in [-0.3, -0.25) is 0 Å². The lowest BCUT2D eigenvalue weighted by molar-refractivity contribution is -0.222. The summed E-state index contributed by atoms with van der Waals surface area (Å²) in [7, 11) is 0. The first-order valence-corrected chi connectivity index (χ1v) is 7.00. The van der Waals surface area contributed by atoms with Gasteiger partial charge in [0, 0.05) is 25.7 Å². The summed E-state index contributed by atoms with van der Waals surface area (Å²) >= 11 is 0. The van der Waals surface area contributed by atoms with Crippen LogP contribution in [0.2, 0.25) is 0 Å². The number of carbonyl (C=O) groups excluding carboxylic acids is 2. The fourth-order valence-electron chi connectivity index (χ4n) is 2.60. The van der Waals surface area contributed by atoms with Crippen molar-refractivity contribution in [1.29, 1.82) is 0 Å². The van der Waals surface area contributed by atoms with Crippen molar-refractivity contribution < 1.29 is 19.1 Å². The number of benzene rings is 1. The lowest BCUT2D eigenvalue weighted by atomic mass is 10.1. The van der Waals surface area contributed by atoms with Gasteiger partial charge >= 0.3 is 11.9 Å². The molecule has 110 valence electrons. The van der Waals surface area contributed by atoms with Crippen molar-refractivity contribution >= 4 is 17.6 Å². The predicted molar refractivity (Wildman–Crippen MR) is 76.4 cm³/mol. The Morgan fingerprint density at radius 3 is 2.48 bits per heavy atom. The first-order chi connectivity index (χ1) is 9.94. The van der Waals surface area contributed by atoms with Crippen LogP contribution in [0.3, 0.4) is 0 Å². The zero-order chi connectivity index (χ0) is 15.0. The Bertz CT molecular complexity index is 624. The normalized spacial score (nSPS) is 19.6. The maximum Gasteiger partial charge on any atom is 0.350 e. The van der Waals surface area contributed by atoms with Crippen LogP contribution in [0.1, 0.15) is 31.4 Å². The van der Waals surface area contributed by atoms with Gasteiger partial charge in [-0.05, 0) is 42.5 Å². The van der Waals surface area contributed by atoms with Crippen LogP contribution in [0.4, 0.5) is 5.69 Å². The van der Waals surface area contributed by atoms with Gasteiger partial charge in [-0.25, -0.2) is 9.59 Å². The number of nitrogens with one attached hydrogen (secondary N) is 1. The van der Waals surface area contributed by atoms with Crippen LogP contribution < -0.4 is 5.32 Å². The van der Waals surface area contributed by atoms with Crippen LogP contribution in [-0.4, -0.2) is 17.7 Å². The molecule has 3 rings (SSSR count). The first kappa shape index (κ1) is 13.7. The molecule has 1 aliphatic carbocycles. The molecule has 1 fully saturated rings. The molecule has 5 heteroatoms. The van der Waals surface area contributed by atoms with Gasteiger partial charge < -0.3 is 14.8 Å². The number of ether oxygens (including phenoxy) is 2. The monoisotopic (exact) mass is 287 g/mol. The lowest BCUT2D eigenvalue weighted by Gasteiger charge is -2.29. The van der Waals surface area contributed by atoms with E-state index in [9.17, 15) is 9.59 Å². The van der Waals surface area contributed by atoms with E-state index >= 15 is 0 Å². The Balaban J connectivity index is 1.77. The van der Waals surface area contributed by atoms with Gasteiger partial charge in [-0.2, -0.15) is 0 Å². The van der Waals surface area contributed by atoms with Crippen LogP contribution in [0, 0.1) is 0 Å². The molecule has 1 heterocycles. The van der Waals surface area contributed by atoms with E-state index in [0.717, 1.165) is 18.5 Å². The Labute approximate surface area is 122 Å². The summed E-state index contributed by atoms with van der Waals surface area (Å²) in [5, 5.41) is 2.97. The lowest BCUT2D eigenvalue weighted by Crippen LogP contribution is -2.42. The summed E-state index contributed by atoms with van der Waals surface area (Å²) in [6, 6.07) is 6.05. The smallest absolute Gasteiger partial charge is 0.350 e. The second kappa shape index (κ2) is 4.91. The highest BCUT2D eigenvalue weighted by Crippen LogP contribution is 2.26. The minimum absolute atomic E-state index is 0.130. The topological polar surface area (TPSA) is 64.6 Å². The highest BCUT2D eigenvalue weighted by Gasteiger charge is 2.38. The van der Waals surface area contributed by atoms with Gasteiger partial charge in [0.25, 0.3) is 5.79 Å². The number of cyclic esters (lactones) is 2. The van der Waals surface area contributed by atoms with Crippen molar-refractivity contribution in [3.63, 3.8) is 0 Å². The van der Waals surface area contributed by atoms with Crippen LogP contribution in [0.5, 0.6) is 0 Å².